The molecule has 5 atom stereocenters. The Hall–Kier alpha value is -7.11. The number of aliphatic imine (C=N–C) groups is 1. The molecule has 6 aromatic rings. The van der Waals surface area contributed by atoms with E-state index in [0.717, 1.165) is 65.1 Å². The van der Waals surface area contributed by atoms with E-state index in [-0.39, 0.29) is 45.2 Å². The zero-order valence-corrected chi connectivity index (χ0v) is 43.9. The van der Waals surface area contributed by atoms with Crippen LogP contribution in [0.4, 0.5) is 0 Å². The second-order valence-electron chi connectivity index (χ2n) is 19.4. The Morgan fingerprint density at radius 3 is 2.30 bits per heavy atom. The molecule has 17 nitrogen and oxygen atoms in total. The molecule has 0 aliphatic carbocycles. The fourth-order valence-electron chi connectivity index (χ4n) is 9.10. The maximum absolute atomic E-state index is 14.2. The van der Waals surface area contributed by atoms with Crippen LogP contribution in [0.25, 0.3) is 26.6 Å². The van der Waals surface area contributed by atoms with Gasteiger partial charge in [0.2, 0.25) is 17.7 Å². The number of nitrogens with zero attached hydrogens (tertiary/aromatic N) is 7. The van der Waals surface area contributed by atoms with Gasteiger partial charge < -0.3 is 34.9 Å². The average molecular weight is 1030 g/mol. The quantitative estimate of drug-likeness (QED) is 0.0636. The Labute approximate surface area is 432 Å². The SMILES string of the molecule is COC(=O)C[C@@H]1N=C(c2ccc(-c3ccc(OCCOCC(=O)NC(C(=O)N4C[C@H](O)C[C@H]4C(=O)N[C@@H](C)c4ccc(-c5scnc5C)cc4)C(C)(C)C)c(C#N)c3)cc2)c2c(sc(C)c2C)-n2c(C)nnc21. The number of methoxy groups -OCH3 is 1. The van der Waals surface area contributed by atoms with Crippen LogP contribution in [0, 0.1) is 44.4 Å². The molecule has 0 bridgehead atoms. The van der Waals surface area contributed by atoms with Crippen molar-refractivity contribution in [2.24, 2.45) is 10.4 Å². The molecule has 1 fully saturated rings. The molecule has 2 aliphatic rings. The topological polar surface area (TPSA) is 223 Å². The summed E-state index contributed by atoms with van der Waals surface area (Å²) in [7, 11) is 1.35. The van der Waals surface area contributed by atoms with Crippen LogP contribution in [0.1, 0.15) is 103 Å². The van der Waals surface area contributed by atoms with E-state index in [2.05, 4.69) is 45.7 Å². The van der Waals surface area contributed by atoms with Crippen LogP contribution in [-0.4, -0.2) is 111 Å². The zero-order valence-electron chi connectivity index (χ0n) is 42.3. The minimum atomic E-state index is -1.03. The molecular weight excluding hydrogens is 967 g/mol. The van der Waals surface area contributed by atoms with Gasteiger partial charge in [0.1, 0.15) is 54.0 Å². The third-order valence-electron chi connectivity index (χ3n) is 13.2. The van der Waals surface area contributed by atoms with E-state index in [0.29, 0.717) is 23.0 Å². The lowest BCUT2D eigenvalue weighted by Crippen LogP contribution is -2.58. The number of hydrogen-bond acceptors (Lipinski definition) is 15. The summed E-state index contributed by atoms with van der Waals surface area (Å²) in [5, 5.41) is 36.4. The predicted octanol–water partition coefficient (Wildman–Crippen LogP) is 7.45. The van der Waals surface area contributed by atoms with Gasteiger partial charge in [-0.1, -0.05) is 75.4 Å². The van der Waals surface area contributed by atoms with Crippen LogP contribution in [0.5, 0.6) is 5.75 Å². The summed E-state index contributed by atoms with van der Waals surface area (Å²) in [4.78, 5) is 66.8. The number of nitrogens with one attached hydrogen (secondary N) is 2. The van der Waals surface area contributed by atoms with E-state index in [1.807, 2.05) is 106 Å². The number of likely N-dealkylation sites (tertiary alicyclic amines) is 1. The number of thiophene rings is 1. The van der Waals surface area contributed by atoms with Gasteiger partial charge in [0, 0.05) is 29.0 Å². The first kappa shape index (κ1) is 52.2. The Balaban J connectivity index is 0.859. The van der Waals surface area contributed by atoms with E-state index >= 15 is 0 Å². The smallest absolute Gasteiger partial charge is 0.308 e. The van der Waals surface area contributed by atoms with Crippen molar-refractivity contribution < 1.29 is 38.5 Å². The van der Waals surface area contributed by atoms with Gasteiger partial charge in [0.05, 0.1) is 59.6 Å². The monoisotopic (exact) mass is 1030 g/mol. The number of carbonyl (C=O) groups is 4. The van der Waals surface area contributed by atoms with Crippen molar-refractivity contribution in [3.05, 3.63) is 122 Å². The van der Waals surface area contributed by atoms with Gasteiger partial charge in [0.25, 0.3) is 0 Å². The van der Waals surface area contributed by atoms with E-state index in [4.69, 9.17) is 19.2 Å². The van der Waals surface area contributed by atoms with Crippen molar-refractivity contribution in [1.29, 1.82) is 5.26 Å². The molecule has 0 spiro atoms. The fourth-order valence-corrected chi connectivity index (χ4v) is 11.1. The lowest BCUT2D eigenvalue weighted by atomic mass is 9.85. The highest BCUT2D eigenvalue weighted by Gasteiger charge is 2.45. The first-order valence-corrected chi connectivity index (χ1v) is 25.7. The molecule has 3 aromatic heterocycles. The lowest BCUT2D eigenvalue weighted by Gasteiger charge is -2.35. The van der Waals surface area contributed by atoms with Crippen molar-refractivity contribution in [3.63, 3.8) is 0 Å². The van der Waals surface area contributed by atoms with E-state index in [1.165, 1.54) is 12.0 Å². The van der Waals surface area contributed by atoms with Gasteiger partial charge in [-0.2, -0.15) is 5.26 Å². The average Bonchev–Trinajstić information content (AvgIpc) is 4.14. The number of aliphatic hydroxyl groups is 1. The van der Waals surface area contributed by atoms with Crippen LogP contribution in [0.2, 0.25) is 0 Å². The number of hydrogen-bond donors (Lipinski definition) is 3. The molecule has 5 heterocycles. The first-order valence-electron chi connectivity index (χ1n) is 24.0. The summed E-state index contributed by atoms with van der Waals surface area (Å²) >= 11 is 3.19. The molecule has 8 rings (SSSR count). The molecule has 380 valence electrons. The van der Waals surface area contributed by atoms with Crippen LogP contribution >= 0.6 is 22.7 Å². The molecule has 19 heteroatoms. The number of carbonyl (C=O) groups excluding carboxylic acids is 4. The van der Waals surface area contributed by atoms with Gasteiger partial charge in [-0.15, -0.1) is 32.9 Å². The number of fused-ring (bicyclic) bond motifs is 3. The van der Waals surface area contributed by atoms with Crippen molar-refractivity contribution in [3.8, 4) is 38.4 Å². The Kier molecular flexibility index (Phi) is 15.7. The Morgan fingerprint density at radius 1 is 0.932 bits per heavy atom. The molecular formula is C54H59N9O8S2. The summed E-state index contributed by atoms with van der Waals surface area (Å²) in [5.74, 6) is -0.212. The van der Waals surface area contributed by atoms with Gasteiger partial charge >= 0.3 is 5.97 Å². The standard InChI is InChI=1S/C54H59N9O8S2/c1-29-32(4)73-53-46(29)47(58-41(24-45(66)69-9)50-61-60-33(5)63(50)53)36-14-12-35(13-15-36)38-18-19-43(39(22-38)25-55)71-21-20-70-27-44(65)59-49(54(6,7)8)52(68)62-26-40(64)23-42(62)51(67)57-30(2)34-10-16-37(17-11-34)48-31(3)56-28-72-48/h10-19,22,28,30,40-42,49,64H,20-21,23-24,26-27H2,1-9H3,(H,57,67)(H,59,65)/t30-,40+,41-,42-,49?/m0/s1. The number of rotatable bonds is 16. The van der Waals surface area contributed by atoms with Crippen molar-refractivity contribution in [1.82, 2.24) is 35.3 Å². The highest BCUT2D eigenvalue weighted by atomic mass is 32.1. The predicted molar refractivity (Wildman–Crippen MR) is 278 cm³/mol. The van der Waals surface area contributed by atoms with E-state index < -0.39 is 53.3 Å². The molecule has 3 aromatic carbocycles. The van der Waals surface area contributed by atoms with Crippen molar-refractivity contribution >= 4 is 52.1 Å². The molecule has 0 radical (unpaired) electrons. The van der Waals surface area contributed by atoms with Gasteiger partial charge in [-0.3, -0.25) is 28.7 Å². The van der Waals surface area contributed by atoms with Gasteiger partial charge in [-0.05, 0) is 80.0 Å². The molecule has 73 heavy (non-hydrogen) atoms. The maximum Gasteiger partial charge on any atom is 0.308 e. The second-order valence-corrected chi connectivity index (χ2v) is 21.4. The van der Waals surface area contributed by atoms with Gasteiger partial charge in [0.15, 0.2) is 5.82 Å². The molecule has 3 N–H and O–H groups in total. The van der Waals surface area contributed by atoms with E-state index in [9.17, 15) is 29.5 Å². The summed E-state index contributed by atoms with van der Waals surface area (Å²) in [5.41, 5.74) is 9.48. The number of ether oxygens (including phenoxy) is 3. The van der Waals surface area contributed by atoms with Gasteiger partial charge in [-0.25, -0.2) is 4.98 Å². The number of benzene rings is 3. The third-order valence-corrected chi connectivity index (χ3v) is 15.4. The summed E-state index contributed by atoms with van der Waals surface area (Å²) in [6.45, 7) is 14.9. The minimum Gasteiger partial charge on any atom is -0.490 e. The maximum atomic E-state index is 14.2. The number of β-amino-alcohol motifs (C(OH)–C–C–N with tert-alkyl or cyclic N) is 1. The normalized spacial score (nSPS) is 17.1. The highest BCUT2D eigenvalue weighted by molar-refractivity contribution is 7.15. The number of esters is 1. The summed E-state index contributed by atoms with van der Waals surface area (Å²) in [6.07, 6.45) is -0.850. The number of aryl methyl sites for hydroxylation is 3. The number of amides is 3. The largest absolute Gasteiger partial charge is 0.490 e. The number of nitriles is 1. The van der Waals surface area contributed by atoms with Crippen LogP contribution in [0.15, 0.2) is 77.2 Å². The summed E-state index contributed by atoms with van der Waals surface area (Å²) in [6, 6.07) is 20.3. The van der Waals surface area contributed by atoms with Crippen LogP contribution in [-0.2, 0) is 28.7 Å². The molecule has 2 aliphatic heterocycles. The number of thiazole rings is 1. The van der Waals surface area contributed by atoms with Crippen molar-refractivity contribution in [2.45, 2.75) is 98.5 Å². The van der Waals surface area contributed by atoms with Crippen LogP contribution in [0.3, 0.4) is 0 Å². The Morgan fingerprint density at radius 2 is 1.63 bits per heavy atom. The molecule has 1 unspecified atom stereocenters. The highest BCUT2D eigenvalue weighted by Crippen LogP contribution is 2.40. The fraction of sp³-hybridized carbons (Fsp3) is 0.389. The van der Waals surface area contributed by atoms with E-state index in [1.54, 1.807) is 34.8 Å². The minimum absolute atomic E-state index is 0.000751. The number of aliphatic hydroxyl groups excluding tert-OH is 1. The molecule has 1 saturated heterocycles. The van der Waals surface area contributed by atoms with Crippen LogP contribution < -0.4 is 15.4 Å². The number of aromatic nitrogens is 4. The zero-order chi connectivity index (χ0) is 52.3. The third kappa shape index (κ3) is 11.3. The molecule has 3 amide bonds. The Bertz CT molecular complexity index is 3110. The lowest BCUT2D eigenvalue weighted by molar-refractivity contribution is -0.144. The summed E-state index contributed by atoms with van der Waals surface area (Å²) < 4.78 is 18.6. The second kappa shape index (κ2) is 21.9. The van der Waals surface area contributed by atoms with Crippen molar-refractivity contribution in [2.75, 3.05) is 33.5 Å². The molecule has 0 saturated carbocycles. The first-order chi connectivity index (χ1) is 34.9.